The lowest BCUT2D eigenvalue weighted by atomic mass is 9.43. The van der Waals surface area contributed by atoms with Gasteiger partial charge in [-0.2, -0.15) is 12.6 Å². The van der Waals surface area contributed by atoms with Crippen molar-refractivity contribution in [3.63, 3.8) is 0 Å². The lowest BCUT2D eigenvalue weighted by molar-refractivity contribution is -0.170. The average Bonchev–Trinajstić information content (AvgIpc) is 3.11. The molecule has 0 aromatic carbocycles. The van der Waals surface area contributed by atoms with Crippen LogP contribution < -0.4 is 5.73 Å². The first kappa shape index (κ1) is 29.2. The zero-order valence-corrected chi connectivity index (χ0v) is 26.0. The number of hydrogen-bond acceptors (Lipinski definition) is 4. The molecule has 2 fully saturated rings. The van der Waals surface area contributed by atoms with Crippen molar-refractivity contribution in [2.45, 2.75) is 132 Å². The van der Waals surface area contributed by atoms with Crippen LogP contribution in [0.2, 0.25) is 0 Å². The van der Waals surface area contributed by atoms with Gasteiger partial charge in [-0.25, -0.2) is 0 Å². The number of thiol groups is 1. The highest BCUT2D eigenvalue weighted by Gasteiger charge is 2.63. The Balaban J connectivity index is 1.59. The Morgan fingerprint density at radius 2 is 1.76 bits per heavy atom. The van der Waals surface area contributed by atoms with Crippen LogP contribution in [0.25, 0.3) is 0 Å². The average molecular weight is 530 g/mol. The summed E-state index contributed by atoms with van der Waals surface area (Å²) in [5.41, 5.74) is 11.9. The maximum atomic E-state index is 12.6. The summed E-state index contributed by atoms with van der Waals surface area (Å²) < 4.78 is 6.05. The first-order valence-corrected chi connectivity index (χ1v) is 15.8. The van der Waals surface area contributed by atoms with E-state index in [1.807, 2.05) is 5.57 Å². The van der Waals surface area contributed by atoms with Gasteiger partial charge in [-0.15, -0.1) is 0 Å². The minimum absolute atomic E-state index is 0.0587. The van der Waals surface area contributed by atoms with E-state index in [0.29, 0.717) is 22.5 Å². The SMILES string of the molecule is CC(C)=CCC[C@@H](C)[C@H]1CC[C@@]2(C)C3=C(CC[C@]12C)[C@@]1(C)CC[C@H](OC(=O)[C@@H](N)CS)C(C)(C)C1CC3. The number of esters is 1. The summed E-state index contributed by atoms with van der Waals surface area (Å²) >= 11 is 4.21. The molecule has 3 nitrogen and oxygen atoms in total. The van der Waals surface area contributed by atoms with Gasteiger partial charge in [0.15, 0.2) is 0 Å². The molecule has 8 atom stereocenters. The van der Waals surface area contributed by atoms with E-state index in [0.717, 1.165) is 24.7 Å². The van der Waals surface area contributed by atoms with Gasteiger partial charge >= 0.3 is 5.97 Å². The van der Waals surface area contributed by atoms with Crippen LogP contribution in [0.4, 0.5) is 0 Å². The van der Waals surface area contributed by atoms with Crippen molar-refractivity contribution in [1.82, 2.24) is 0 Å². The van der Waals surface area contributed by atoms with Crippen molar-refractivity contribution >= 4 is 18.6 Å². The van der Waals surface area contributed by atoms with Gasteiger partial charge in [0.2, 0.25) is 0 Å². The molecule has 4 heteroatoms. The van der Waals surface area contributed by atoms with Crippen LogP contribution >= 0.6 is 12.6 Å². The van der Waals surface area contributed by atoms with Gasteiger partial charge in [0, 0.05) is 11.2 Å². The minimum Gasteiger partial charge on any atom is -0.461 e. The highest BCUT2D eigenvalue weighted by molar-refractivity contribution is 7.80. The van der Waals surface area contributed by atoms with Crippen LogP contribution in [-0.4, -0.2) is 23.9 Å². The molecule has 4 rings (SSSR count). The molecular weight excluding hydrogens is 474 g/mol. The molecule has 0 aromatic rings. The molecule has 4 aliphatic rings. The number of fused-ring (bicyclic) bond motifs is 4. The highest BCUT2D eigenvalue weighted by Crippen LogP contribution is 2.72. The summed E-state index contributed by atoms with van der Waals surface area (Å²) in [4.78, 5) is 12.6. The molecule has 0 heterocycles. The number of hydrogen-bond donors (Lipinski definition) is 2. The van der Waals surface area contributed by atoms with E-state index in [1.165, 1.54) is 56.9 Å². The Bertz CT molecular complexity index is 948. The molecular formula is C33H55NO2S. The molecule has 37 heavy (non-hydrogen) atoms. The van der Waals surface area contributed by atoms with E-state index in [9.17, 15) is 4.79 Å². The molecule has 0 spiro atoms. The third-order valence-corrected chi connectivity index (χ3v) is 12.8. The Hall–Kier alpha value is -0.740. The monoisotopic (exact) mass is 529 g/mol. The molecule has 0 radical (unpaired) electrons. The normalized spacial score (nSPS) is 40.2. The van der Waals surface area contributed by atoms with Crippen molar-refractivity contribution in [2.75, 3.05) is 5.75 Å². The van der Waals surface area contributed by atoms with E-state index in [1.54, 1.807) is 5.57 Å². The number of nitrogens with two attached hydrogens (primary N) is 1. The summed E-state index contributed by atoms with van der Waals surface area (Å²) in [6, 6.07) is -0.635. The summed E-state index contributed by atoms with van der Waals surface area (Å²) in [5.74, 6) is 2.18. The molecule has 210 valence electrons. The lowest BCUT2D eigenvalue weighted by Crippen LogP contribution is -2.56. The van der Waals surface area contributed by atoms with Gasteiger partial charge in [0.1, 0.15) is 12.1 Å². The number of rotatable bonds is 7. The van der Waals surface area contributed by atoms with Crippen LogP contribution in [0.1, 0.15) is 120 Å². The zero-order valence-electron chi connectivity index (χ0n) is 25.1. The van der Waals surface area contributed by atoms with Crippen LogP contribution in [-0.2, 0) is 9.53 Å². The van der Waals surface area contributed by atoms with Crippen molar-refractivity contribution in [1.29, 1.82) is 0 Å². The zero-order chi connectivity index (χ0) is 27.4. The Kier molecular flexibility index (Phi) is 8.18. The summed E-state index contributed by atoms with van der Waals surface area (Å²) in [7, 11) is 0. The molecule has 0 amide bonds. The van der Waals surface area contributed by atoms with Gasteiger partial charge in [-0.05, 0) is 112 Å². The van der Waals surface area contributed by atoms with E-state index in [2.05, 4.69) is 74.1 Å². The van der Waals surface area contributed by atoms with Crippen molar-refractivity contribution in [3.05, 3.63) is 22.8 Å². The molecule has 2 N–H and O–H groups in total. The van der Waals surface area contributed by atoms with Gasteiger partial charge in [0.05, 0.1) is 0 Å². The van der Waals surface area contributed by atoms with Gasteiger partial charge in [0.25, 0.3) is 0 Å². The maximum Gasteiger partial charge on any atom is 0.324 e. The quantitative estimate of drug-likeness (QED) is 0.198. The van der Waals surface area contributed by atoms with Crippen LogP contribution in [0.5, 0.6) is 0 Å². The van der Waals surface area contributed by atoms with Crippen LogP contribution in [0.3, 0.4) is 0 Å². The van der Waals surface area contributed by atoms with Crippen molar-refractivity contribution in [2.24, 2.45) is 45.1 Å². The summed E-state index contributed by atoms with van der Waals surface area (Å²) in [6.45, 7) is 19.5. The molecule has 0 aliphatic heterocycles. The van der Waals surface area contributed by atoms with E-state index < -0.39 is 6.04 Å². The third-order valence-electron chi connectivity index (χ3n) is 12.4. The minimum atomic E-state index is -0.635. The van der Waals surface area contributed by atoms with E-state index in [4.69, 9.17) is 10.5 Å². The second kappa shape index (κ2) is 10.3. The van der Waals surface area contributed by atoms with Gasteiger partial charge in [-0.1, -0.05) is 64.3 Å². The van der Waals surface area contributed by atoms with E-state index >= 15 is 0 Å². The predicted molar refractivity (Wildman–Crippen MR) is 159 cm³/mol. The topological polar surface area (TPSA) is 52.3 Å². The fourth-order valence-corrected chi connectivity index (χ4v) is 10.1. The van der Waals surface area contributed by atoms with Crippen LogP contribution in [0.15, 0.2) is 22.8 Å². The number of allylic oxidation sites excluding steroid dienone is 4. The third kappa shape index (κ3) is 4.68. The standard InChI is InChI=1S/C33H55NO2S/c1-21(2)10-9-11-22(3)23-14-18-33(8)25-12-13-27-30(4,5)28(36-29(35)26(34)20-37)16-17-31(27,6)24(25)15-19-32(23,33)7/h10,22-23,26-28,37H,9,11-20,34H2,1-8H3/t22-,23-,26+,27?,28+,31-,32-,33+/m1/s1. The van der Waals surface area contributed by atoms with Crippen LogP contribution in [0, 0.1) is 39.4 Å². The smallest absolute Gasteiger partial charge is 0.324 e. The number of ether oxygens (including phenoxy) is 1. The maximum absolute atomic E-state index is 12.6. The first-order valence-electron chi connectivity index (χ1n) is 15.2. The Labute approximate surface area is 233 Å². The molecule has 0 saturated heterocycles. The lowest BCUT2D eigenvalue weighted by Gasteiger charge is -2.62. The molecule has 0 bridgehead atoms. The Morgan fingerprint density at radius 3 is 2.41 bits per heavy atom. The molecule has 4 aliphatic carbocycles. The van der Waals surface area contributed by atoms with Gasteiger partial charge < -0.3 is 10.5 Å². The molecule has 1 unspecified atom stereocenters. The second-order valence-corrected chi connectivity index (χ2v) is 15.1. The fourth-order valence-electron chi connectivity index (χ4n) is 9.96. The second-order valence-electron chi connectivity index (χ2n) is 14.8. The highest BCUT2D eigenvalue weighted by atomic mass is 32.1. The number of carbonyl (C=O) groups excluding carboxylic acids is 1. The molecule has 2 saturated carbocycles. The van der Waals surface area contributed by atoms with E-state index in [-0.39, 0.29) is 22.9 Å². The predicted octanol–water partition coefficient (Wildman–Crippen LogP) is 8.29. The molecule has 0 aromatic heterocycles. The summed E-state index contributed by atoms with van der Waals surface area (Å²) in [5, 5.41) is 0. The largest absolute Gasteiger partial charge is 0.461 e. The number of carbonyl (C=O) groups is 1. The summed E-state index contributed by atoms with van der Waals surface area (Å²) in [6.07, 6.45) is 14.7. The van der Waals surface area contributed by atoms with Gasteiger partial charge in [-0.3, -0.25) is 4.79 Å². The van der Waals surface area contributed by atoms with Crippen molar-refractivity contribution < 1.29 is 9.53 Å². The first-order chi connectivity index (χ1) is 17.2. The van der Waals surface area contributed by atoms with Crippen molar-refractivity contribution in [3.8, 4) is 0 Å². The fraction of sp³-hybridized carbons (Fsp3) is 0.848. The Morgan fingerprint density at radius 1 is 1.05 bits per heavy atom.